The van der Waals surface area contributed by atoms with E-state index in [4.69, 9.17) is 0 Å². The number of amides is 3. The van der Waals surface area contributed by atoms with Gasteiger partial charge in [0.25, 0.3) is 0 Å². The van der Waals surface area contributed by atoms with E-state index < -0.39 is 0 Å². The molecule has 2 aromatic carbocycles. The minimum atomic E-state index is -0.288. The van der Waals surface area contributed by atoms with Gasteiger partial charge in [0.1, 0.15) is 0 Å². The van der Waals surface area contributed by atoms with Crippen molar-refractivity contribution in [2.45, 2.75) is 13.0 Å². The molecule has 0 atom stereocenters. The average molecular weight is 337 g/mol. The second kappa shape index (κ2) is 7.48. The Hall–Kier alpha value is -3.35. The van der Waals surface area contributed by atoms with Crippen molar-refractivity contribution in [2.24, 2.45) is 0 Å². The molecule has 3 amide bonds. The van der Waals surface area contributed by atoms with Crippen LogP contribution in [0.5, 0.6) is 0 Å². The van der Waals surface area contributed by atoms with Gasteiger partial charge in [0.05, 0.1) is 17.4 Å². The lowest BCUT2D eigenvalue weighted by atomic mass is 10.2. The number of fused-ring (bicyclic) bond motifs is 1. The molecule has 0 aliphatic carbocycles. The van der Waals surface area contributed by atoms with Crippen molar-refractivity contribution >= 4 is 34.3 Å². The van der Waals surface area contributed by atoms with Crippen LogP contribution in [0.15, 0.2) is 54.9 Å². The third-order valence-corrected chi connectivity index (χ3v) is 3.76. The summed E-state index contributed by atoms with van der Waals surface area (Å²) in [6, 6.07) is 14.5. The number of rotatable bonds is 5. The second-order valence-electron chi connectivity index (χ2n) is 5.51. The van der Waals surface area contributed by atoms with Gasteiger partial charge in [-0.05, 0) is 36.4 Å². The normalized spacial score (nSPS) is 10.4. The molecule has 0 radical (unpaired) electrons. The molecule has 0 aliphatic heterocycles. The highest BCUT2D eigenvalue weighted by Gasteiger charge is 2.06. The van der Waals surface area contributed by atoms with E-state index in [1.54, 1.807) is 37.6 Å². The molecule has 0 aliphatic rings. The summed E-state index contributed by atoms with van der Waals surface area (Å²) in [5.74, 6) is -0.0789. The number of hydrogen-bond donors (Lipinski definition) is 3. The number of aromatic nitrogens is 2. The average Bonchev–Trinajstić information content (AvgIpc) is 3.05. The molecule has 0 spiro atoms. The van der Waals surface area contributed by atoms with Gasteiger partial charge >= 0.3 is 6.03 Å². The number of benzene rings is 2. The van der Waals surface area contributed by atoms with Gasteiger partial charge in [-0.3, -0.25) is 4.79 Å². The summed E-state index contributed by atoms with van der Waals surface area (Å²) in [5, 5.41) is 7.98. The molecule has 7 heteroatoms. The summed E-state index contributed by atoms with van der Waals surface area (Å²) in [6.07, 6.45) is 2.09. The summed E-state index contributed by atoms with van der Waals surface area (Å²) in [4.78, 5) is 27.7. The third-order valence-electron chi connectivity index (χ3n) is 3.76. The molecule has 3 aromatic rings. The Morgan fingerprint density at radius 1 is 1.00 bits per heavy atom. The minimum Gasteiger partial charge on any atom is -0.341 e. The first-order valence-electron chi connectivity index (χ1n) is 7.94. The van der Waals surface area contributed by atoms with Crippen molar-refractivity contribution in [3.05, 3.63) is 54.9 Å². The van der Waals surface area contributed by atoms with E-state index in [1.165, 1.54) is 0 Å². The van der Waals surface area contributed by atoms with E-state index in [1.807, 2.05) is 28.8 Å². The van der Waals surface area contributed by atoms with E-state index in [0.29, 0.717) is 24.3 Å². The van der Waals surface area contributed by atoms with Crippen molar-refractivity contribution < 1.29 is 9.59 Å². The van der Waals surface area contributed by atoms with Crippen LogP contribution in [0.2, 0.25) is 0 Å². The Kier molecular flexibility index (Phi) is 4.94. The van der Waals surface area contributed by atoms with Gasteiger partial charge in [0.2, 0.25) is 5.91 Å². The van der Waals surface area contributed by atoms with Gasteiger partial charge in [-0.15, -0.1) is 0 Å². The molecule has 1 heterocycles. The molecule has 25 heavy (non-hydrogen) atoms. The predicted molar refractivity (Wildman–Crippen MR) is 97.5 cm³/mol. The molecule has 7 nitrogen and oxygen atoms in total. The van der Waals surface area contributed by atoms with Crippen molar-refractivity contribution in [3.8, 4) is 0 Å². The maximum Gasteiger partial charge on any atom is 0.318 e. The number of imidazole rings is 1. The van der Waals surface area contributed by atoms with Crippen molar-refractivity contribution in [3.63, 3.8) is 0 Å². The Bertz CT molecular complexity index is 886. The standard InChI is InChI=1S/C18H19N5O2/c1-19-18(25)22-14-8-6-13(7-9-14)21-17(24)10-11-23-12-20-15-4-2-3-5-16(15)23/h2-9,12H,10-11H2,1H3,(H,21,24)(H2,19,22,25). The van der Waals surface area contributed by atoms with Crippen LogP contribution in [0.3, 0.4) is 0 Å². The first-order valence-corrected chi connectivity index (χ1v) is 7.94. The zero-order chi connectivity index (χ0) is 17.6. The maximum atomic E-state index is 12.1. The molecule has 0 saturated carbocycles. The lowest BCUT2D eigenvalue weighted by Gasteiger charge is -2.08. The minimum absolute atomic E-state index is 0.0789. The van der Waals surface area contributed by atoms with E-state index >= 15 is 0 Å². The largest absolute Gasteiger partial charge is 0.341 e. The highest BCUT2D eigenvalue weighted by Crippen LogP contribution is 2.15. The molecular weight excluding hydrogens is 318 g/mol. The summed E-state index contributed by atoms with van der Waals surface area (Å²) >= 11 is 0. The van der Waals surface area contributed by atoms with Crippen LogP contribution in [0.25, 0.3) is 11.0 Å². The quantitative estimate of drug-likeness (QED) is 0.669. The molecule has 128 valence electrons. The van der Waals surface area contributed by atoms with Crippen LogP contribution >= 0.6 is 0 Å². The van der Waals surface area contributed by atoms with Crippen LogP contribution in [-0.4, -0.2) is 28.5 Å². The van der Waals surface area contributed by atoms with Crippen LogP contribution in [0.1, 0.15) is 6.42 Å². The fraction of sp³-hybridized carbons (Fsp3) is 0.167. The van der Waals surface area contributed by atoms with Gasteiger partial charge in [0, 0.05) is 31.4 Å². The molecule has 0 saturated heterocycles. The first kappa shape index (κ1) is 16.5. The second-order valence-corrected chi connectivity index (χ2v) is 5.51. The first-order chi connectivity index (χ1) is 12.2. The van der Waals surface area contributed by atoms with E-state index in [9.17, 15) is 9.59 Å². The molecule has 0 bridgehead atoms. The van der Waals surface area contributed by atoms with E-state index in [-0.39, 0.29) is 11.9 Å². The Balaban J connectivity index is 1.55. The predicted octanol–water partition coefficient (Wildman–Crippen LogP) is 2.82. The number of aryl methyl sites for hydroxylation is 1. The molecule has 3 rings (SSSR count). The summed E-state index contributed by atoms with van der Waals surface area (Å²) < 4.78 is 1.96. The van der Waals surface area contributed by atoms with Gasteiger partial charge in [-0.1, -0.05) is 12.1 Å². The van der Waals surface area contributed by atoms with Crippen LogP contribution in [0.4, 0.5) is 16.2 Å². The number of carbonyl (C=O) groups is 2. The van der Waals surface area contributed by atoms with Crippen LogP contribution in [0, 0.1) is 0 Å². The Morgan fingerprint density at radius 2 is 1.68 bits per heavy atom. The lowest BCUT2D eigenvalue weighted by molar-refractivity contribution is -0.116. The summed E-state index contributed by atoms with van der Waals surface area (Å²) in [6.45, 7) is 0.558. The number of nitrogens with one attached hydrogen (secondary N) is 3. The van der Waals surface area contributed by atoms with Gasteiger partial charge < -0.3 is 20.5 Å². The third kappa shape index (κ3) is 4.14. The van der Waals surface area contributed by atoms with Crippen LogP contribution < -0.4 is 16.0 Å². The van der Waals surface area contributed by atoms with E-state index in [2.05, 4.69) is 20.9 Å². The number of hydrogen-bond acceptors (Lipinski definition) is 3. The van der Waals surface area contributed by atoms with Gasteiger partial charge in [-0.25, -0.2) is 9.78 Å². The van der Waals surface area contributed by atoms with Crippen LogP contribution in [-0.2, 0) is 11.3 Å². The molecule has 0 unspecified atom stereocenters. The number of urea groups is 1. The SMILES string of the molecule is CNC(=O)Nc1ccc(NC(=O)CCn2cnc3ccccc32)cc1. The Morgan fingerprint density at radius 3 is 2.40 bits per heavy atom. The lowest BCUT2D eigenvalue weighted by Crippen LogP contribution is -2.24. The zero-order valence-corrected chi connectivity index (χ0v) is 13.8. The number of nitrogens with zero attached hydrogens (tertiary/aromatic N) is 2. The molecule has 1 aromatic heterocycles. The van der Waals surface area contributed by atoms with Crippen molar-refractivity contribution in [1.82, 2.24) is 14.9 Å². The van der Waals surface area contributed by atoms with Crippen molar-refractivity contribution in [1.29, 1.82) is 0 Å². The van der Waals surface area contributed by atoms with Gasteiger partial charge in [-0.2, -0.15) is 0 Å². The molecule has 0 fully saturated rings. The summed E-state index contributed by atoms with van der Waals surface area (Å²) in [5.41, 5.74) is 3.27. The number of para-hydroxylation sites is 2. The number of carbonyl (C=O) groups excluding carboxylic acids is 2. The molecular formula is C18H19N5O2. The zero-order valence-electron chi connectivity index (χ0n) is 13.8. The maximum absolute atomic E-state index is 12.1. The summed E-state index contributed by atoms with van der Waals surface area (Å²) in [7, 11) is 1.55. The van der Waals surface area contributed by atoms with Crippen molar-refractivity contribution in [2.75, 3.05) is 17.7 Å². The monoisotopic (exact) mass is 337 g/mol. The highest BCUT2D eigenvalue weighted by atomic mass is 16.2. The fourth-order valence-corrected chi connectivity index (χ4v) is 2.46. The topological polar surface area (TPSA) is 88.0 Å². The fourth-order valence-electron chi connectivity index (χ4n) is 2.46. The Labute approximate surface area is 145 Å². The van der Waals surface area contributed by atoms with E-state index in [0.717, 1.165) is 11.0 Å². The van der Waals surface area contributed by atoms with Gasteiger partial charge in [0.15, 0.2) is 0 Å². The molecule has 3 N–H and O–H groups in total. The number of anilines is 2. The highest BCUT2D eigenvalue weighted by molar-refractivity contribution is 5.92. The smallest absolute Gasteiger partial charge is 0.318 e.